The molecule has 2 aromatic carbocycles. The van der Waals surface area contributed by atoms with Gasteiger partial charge in [-0.05, 0) is 5.56 Å². The lowest BCUT2D eigenvalue weighted by Crippen LogP contribution is -2.41. The summed E-state index contributed by atoms with van der Waals surface area (Å²) in [4.78, 5) is 12.9. The Morgan fingerprint density at radius 1 is 0.880 bits per heavy atom. The summed E-state index contributed by atoms with van der Waals surface area (Å²) in [5, 5.41) is 11.1. The van der Waals surface area contributed by atoms with Crippen molar-refractivity contribution in [2.45, 2.75) is 5.60 Å². The molecule has 0 amide bonds. The number of hydrogen-bond acceptors (Lipinski definition) is 5. The number of ether oxygens (including phenoxy) is 3. The fraction of sp³-hybridized carbons (Fsp3) is 0.350. The van der Waals surface area contributed by atoms with Crippen LogP contribution in [0.25, 0.3) is 0 Å². The van der Waals surface area contributed by atoms with Gasteiger partial charge >= 0.3 is 0 Å². The van der Waals surface area contributed by atoms with Crippen LogP contribution < -0.4 is 0 Å². The molecule has 1 unspecified atom stereocenters. The van der Waals surface area contributed by atoms with E-state index in [0.29, 0.717) is 30.9 Å². The van der Waals surface area contributed by atoms with Gasteiger partial charge in [0.15, 0.2) is 5.60 Å². The molecule has 2 aromatic rings. The number of benzene rings is 2. The van der Waals surface area contributed by atoms with Crippen molar-refractivity contribution >= 4 is 5.78 Å². The molecule has 1 N–H and O–H groups in total. The summed E-state index contributed by atoms with van der Waals surface area (Å²) >= 11 is 0. The molecule has 5 heteroatoms. The van der Waals surface area contributed by atoms with E-state index in [1.54, 1.807) is 55.6 Å². The summed E-state index contributed by atoms with van der Waals surface area (Å²) in [7, 11) is 1.61. The van der Waals surface area contributed by atoms with Gasteiger partial charge in [-0.3, -0.25) is 4.79 Å². The van der Waals surface area contributed by atoms with Gasteiger partial charge in [0.1, 0.15) is 0 Å². The Bertz CT molecular complexity index is 629. The number of Topliss-reactive ketones (excluding diaryl/α,β-unsaturated/α-hetero) is 1. The Morgan fingerprint density at radius 3 is 2.08 bits per heavy atom. The second-order valence-electron chi connectivity index (χ2n) is 5.58. The van der Waals surface area contributed by atoms with Gasteiger partial charge in [-0.2, -0.15) is 0 Å². The fourth-order valence-corrected chi connectivity index (χ4v) is 2.40. The van der Waals surface area contributed by atoms with E-state index in [2.05, 4.69) is 0 Å². The lowest BCUT2D eigenvalue weighted by Gasteiger charge is -2.27. The number of methoxy groups -OCH3 is 1. The molecule has 25 heavy (non-hydrogen) atoms. The van der Waals surface area contributed by atoms with Crippen LogP contribution in [0.2, 0.25) is 0 Å². The Labute approximate surface area is 148 Å². The molecule has 0 fully saturated rings. The number of aliphatic hydroxyl groups is 1. The van der Waals surface area contributed by atoms with Crippen molar-refractivity contribution in [2.24, 2.45) is 0 Å². The molecule has 0 aromatic heterocycles. The highest BCUT2D eigenvalue weighted by molar-refractivity contribution is 6.03. The predicted molar refractivity (Wildman–Crippen MR) is 94.6 cm³/mol. The minimum atomic E-state index is -1.74. The van der Waals surface area contributed by atoms with Crippen LogP contribution in [0.15, 0.2) is 60.7 Å². The SMILES string of the molecule is COCCOCCOCC(O)(C(=O)c1ccccc1)c1ccccc1. The number of carbonyl (C=O) groups excluding carboxylic acids is 1. The van der Waals surface area contributed by atoms with Crippen molar-refractivity contribution in [3.05, 3.63) is 71.8 Å². The van der Waals surface area contributed by atoms with Crippen LogP contribution >= 0.6 is 0 Å². The molecule has 0 saturated carbocycles. The third-order valence-electron chi connectivity index (χ3n) is 3.78. The van der Waals surface area contributed by atoms with Crippen LogP contribution in [-0.4, -0.2) is 51.0 Å². The zero-order valence-corrected chi connectivity index (χ0v) is 14.4. The summed E-state index contributed by atoms with van der Waals surface area (Å²) in [6, 6.07) is 17.6. The number of carbonyl (C=O) groups is 1. The first-order valence-electron chi connectivity index (χ1n) is 8.20. The third kappa shape index (κ3) is 5.47. The van der Waals surface area contributed by atoms with Crippen LogP contribution in [-0.2, 0) is 19.8 Å². The van der Waals surface area contributed by atoms with Gasteiger partial charge in [0.05, 0.1) is 33.0 Å². The summed E-state index contributed by atoms with van der Waals surface area (Å²) in [6.07, 6.45) is 0. The molecule has 0 saturated heterocycles. The van der Waals surface area contributed by atoms with Gasteiger partial charge in [-0.25, -0.2) is 0 Å². The van der Waals surface area contributed by atoms with Crippen LogP contribution in [0.1, 0.15) is 15.9 Å². The second kappa shape index (κ2) is 10.1. The maximum atomic E-state index is 12.9. The van der Waals surface area contributed by atoms with Crippen LogP contribution in [0, 0.1) is 0 Å². The van der Waals surface area contributed by atoms with Gasteiger partial charge in [0.25, 0.3) is 0 Å². The number of ketones is 1. The maximum absolute atomic E-state index is 12.9. The standard InChI is InChI=1S/C20H24O5/c1-23-12-13-24-14-15-25-16-20(22,18-10-6-3-7-11-18)19(21)17-8-4-2-5-9-17/h2-11,22H,12-16H2,1H3. The van der Waals surface area contributed by atoms with Crippen molar-refractivity contribution in [2.75, 3.05) is 40.1 Å². The van der Waals surface area contributed by atoms with E-state index < -0.39 is 5.60 Å². The molecule has 134 valence electrons. The third-order valence-corrected chi connectivity index (χ3v) is 3.78. The Hall–Kier alpha value is -2.05. The van der Waals surface area contributed by atoms with Crippen LogP contribution in [0.5, 0.6) is 0 Å². The van der Waals surface area contributed by atoms with Crippen molar-refractivity contribution in [1.29, 1.82) is 0 Å². The quantitative estimate of drug-likeness (QED) is 0.501. The Balaban J connectivity index is 2.05. The van der Waals surface area contributed by atoms with Gasteiger partial charge < -0.3 is 19.3 Å². The van der Waals surface area contributed by atoms with Crippen molar-refractivity contribution in [3.63, 3.8) is 0 Å². The van der Waals surface area contributed by atoms with E-state index >= 15 is 0 Å². The molecule has 5 nitrogen and oxygen atoms in total. The largest absolute Gasteiger partial charge is 0.382 e. The average molecular weight is 344 g/mol. The Kier molecular flexibility index (Phi) is 7.76. The number of rotatable bonds is 11. The van der Waals surface area contributed by atoms with Gasteiger partial charge in [0.2, 0.25) is 5.78 Å². The van der Waals surface area contributed by atoms with E-state index in [4.69, 9.17) is 14.2 Å². The monoisotopic (exact) mass is 344 g/mol. The van der Waals surface area contributed by atoms with Crippen LogP contribution in [0.4, 0.5) is 0 Å². The lowest BCUT2D eigenvalue weighted by atomic mass is 9.86. The highest BCUT2D eigenvalue weighted by Crippen LogP contribution is 2.26. The summed E-state index contributed by atoms with van der Waals surface area (Å²) in [6.45, 7) is 1.50. The predicted octanol–water partition coefficient (Wildman–Crippen LogP) is 2.44. The molecule has 0 heterocycles. The van der Waals surface area contributed by atoms with Crippen molar-refractivity contribution < 1.29 is 24.1 Å². The Morgan fingerprint density at radius 2 is 1.44 bits per heavy atom. The zero-order chi connectivity index (χ0) is 18.0. The van der Waals surface area contributed by atoms with Gasteiger partial charge in [0, 0.05) is 12.7 Å². The molecular weight excluding hydrogens is 320 g/mol. The van der Waals surface area contributed by atoms with E-state index in [1.807, 2.05) is 12.1 Å². The minimum absolute atomic E-state index is 0.140. The summed E-state index contributed by atoms with van der Waals surface area (Å²) in [5.41, 5.74) is -0.798. The smallest absolute Gasteiger partial charge is 0.201 e. The summed E-state index contributed by atoms with van der Waals surface area (Å²) < 4.78 is 15.8. The normalized spacial score (nSPS) is 13.4. The van der Waals surface area contributed by atoms with Crippen molar-refractivity contribution in [1.82, 2.24) is 0 Å². The minimum Gasteiger partial charge on any atom is -0.382 e. The van der Waals surface area contributed by atoms with Gasteiger partial charge in [-0.1, -0.05) is 60.7 Å². The molecule has 0 aliphatic carbocycles. The van der Waals surface area contributed by atoms with Crippen LogP contribution in [0.3, 0.4) is 0 Å². The molecule has 0 radical (unpaired) electrons. The zero-order valence-electron chi connectivity index (χ0n) is 14.4. The highest BCUT2D eigenvalue weighted by atomic mass is 16.5. The van der Waals surface area contributed by atoms with E-state index in [1.165, 1.54) is 0 Å². The molecule has 0 aliphatic heterocycles. The van der Waals surface area contributed by atoms with E-state index in [9.17, 15) is 9.90 Å². The first kappa shape index (κ1) is 19.3. The average Bonchev–Trinajstić information content (AvgIpc) is 2.68. The first-order valence-corrected chi connectivity index (χ1v) is 8.20. The topological polar surface area (TPSA) is 65.0 Å². The second-order valence-corrected chi connectivity index (χ2v) is 5.58. The fourth-order valence-electron chi connectivity index (χ4n) is 2.40. The van der Waals surface area contributed by atoms with Gasteiger partial charge in [-0.15, -0.1) is 0 Å². The molecule has 0 spiro atoms. The maximum Gasteiger partial charge on any atom is 0.201 e. The molecule has 2 rings (SSSR count). The van der Waals surface area contributed by atoms with E-state index in [0.717, 1.165) is 0 Å². The first-order chi connectivity index (χ1) is 12.2. The lowest BCUT2D eigenvalue weighted by molar-refractivity contribution is -0.0467. The molecule has 0 aliphatic rings. The molecule has 0 bridgehead atoms. The summed E-state index contributed by atoms with van der Waals surface area (Å²) in [5.74, 6) is -0.389. The highest BCUT2D eigenvalue weighted by Gasteiger charge is 2.38. The molecule has 1 atom stereocenters. The van der Waals surface area contributed by atoms with E-state index in [-0.39, 0.29) is 19.0 Å². The molecular formula is C20H24O5. The van der Waals surface area contributed by atoms with Crippen molar-refractivity contribution in [3.8, 4) is 0 Å². The number of hydrogen-bond donors (Lipinski definition) is 1.